The second-order valence-corrected chi connectivity index (χ2v) is 16.6. The van der Waals surface area contributed by atoms with E-state index in [0.717, 1.165) is 77.4 Å². The Bertz CT molecular complexity index is 2040. The van der Waals surface area contributed by atoms with Gasteiger partial charge < -0.3 is 23.9 Å². The molecule has 4 aliphatic rings. The molecule has 3 aromatic rings. The maximum Gasteiger partial charge on any atom is 0.341 e. The highest BCUT2D eigenvalue weighted by Gasteiger charge is 2.41. The van der Waals surface area contributed by atoms with Crippen LogP contribution in [0, 0.1) is 13.8 Å². The number of rotatable bonds is 8. The van der Waals surface area contributed by atoms with Gasteiger partial charge in [0.25, 0.3) is 11.8 Å². The minimum Gasteiger partial charge on any atom is -0.422 e. The third kappa shape index (κ3) is 6.30. The molecule has 1 aromatic heterocycles. The number of amides is 2. The van der Waals surface area contributed by atoms with E-state index in [9.17, 15) is 22.8 Å². The molecular weight excluding hydrogens is 673 g/mol. The Hall–Kier alpha value is -3.98. The smallest absolute Gasteiger partial charge is 0.341 e. The van der Waals surface area contributed by atoms with Gasteiger partial charge in [-0.25, -0.2) is 9.52 Å². The number of hydrogen-bond donors (Lipinski definition) is 1. The summed E-state index contributed by atoms with van der Waals surface area (Å²) in [6.07, 6.45) is 4.43. The van der Waals surface area contributed by atoms with E-state index < -0.39 is 21.7 Å². The molecule has 1 atom stereocenters. The highest BCUT2D eigenvalue weighted by Crippen LogP contribution is 2.43. The zero-order valence-corrected chi connectivity index (χ0v) is 31.1. The Labute approximate surface area is 299 Å². The first-order valence-corrected chi connectivity index (χ1v) is 19.2. The van der Waals surface area contributed by atoms with E-state index in [1.807, 2.05) is 6.92 Å². The number of carbonyl (C=O) groups excluding carboxylic acids is 2. The molecule has 0 spiro atoms. The Balaban J connectivity index is 1.19. The van der Waals surface area contributed by atoms with Gasteiger partial charge in [0, 0.05) is 81.7 Å². The summed E-state index contributed by atoms with van der Waals surface area (Å²) in [5.74, 6) is -0.999. The van der Waals surface area contributed by atoms with Crippen LogP contribution in [0.2, 0.25) is 0 Å². The maximum atomic E-state index is 14.1. The fourth-order valence-electron chi connectivity index (χ4n) is 8.61. The number of nitrogens with one attached hydrogen (secondary N) is 1. The average Bonchev–Trinajstić information content (AvgIpc) is 3.70. The standard InChI is InChI=1S/C37H48N6O7S/c1-22-17-31(41-16-15-40(5)27(19-41)21-49-6)23(2)34-33(22)28-13-14-42(20-30(28)37(46)50-34)36(45)24-7-12-29(35(44)38-51(47,48)39(3)4)32(18-24)43-25-8-9-26(43)11-10-25/h7,12,17-18,25-27H,8-11,13-16,19-21H2,1-6H3,(H,38,44)/t25?,26?,27-/m1/s1. The number of nitrogens with zero attached hydrogens (tertiary/aromatic N) is 5. The normalized spacial score (nSPS) is 22.3. The maximum absolute atomic E-state index is 14.1. The van der Waals surface area contributed by atoms with Crippen LogP contribution in [0.15, 0.2) is 33.5 Å². The largest absolute Gasteiger partial charge is 0.422 e. The summed E-state index contributed by atoms with van der Waals surface area (Å²) >= 11 is 0. The van der Waals surface area contributed by atoms with Crippen molar-refractivity contribution >= 4 is 44.4 Å². The van der Waals surface area contributed by atoms with E-state index in [4.69, 9.17) is 9.15 Å². The van der Waals surface area contributed by atoms with E-state index in [1.54, 1.807) is 30.2 Å². The Morgan fingerprint density at radius 1 is 1.00 bits per heavy atom. The predicted octanol–water partition coefficient (Wildman–Crippen LogP) is 3.04. The molecule has 4 aliphatic heterocycles. The van der Waals surface area contributed by atoms with Gasteiger partial charge in [-0.05, 0) is 88.4 Å². The zero-order chi connectivity index (χ0) is 36.4. The lowest BCUT2D eigenvalue weighted by Gasteiger charge is -2.41. The lowest BCUT2D eigenvalue weighted by Crippen LogP contribution is -2.53. The van der Waals surface area contributed by atoms with E-state index >= 15 is 0 Å². The van der Waals surface area contributed by atoms with Crippen molar-refractivity contribution in [2.75, 3.05) is 70.8 Å². The van der Waals surface area contributed by atoms with E-state index in [0.29, 0.717) is 42.0 Å². The van der Waals surface area contributed by atoms with Crippen LogP contribution in [0.25, 0.3) is 11.0 Å². The number of methoxy groups -OCH3 is 1. The summed E-state index contributed by atoms with van der Waals surface area (Å²) in [7, 11) is 2.53. The SMILES string of the molecule is COC[C@H]1CN(c2cc(C)c3c4c(c(=O)oc3c2C)CN(C(=O)c2ccc(C(=O)NS(=O)(=O)N(C)C)c(N3C5CCC3CC5)c2)CC4)CCN1C. The first-order chi connectivity index (χ1) is 24.3. The molecule has 3 saturated heterocycles. The van der Waals surface area contributed by atoms with Gasteiger partial charge in [0.2, 0.25) is 0 Å². The fourth-order valence-corrected chi connectivity index (χ4v) is 9.14. The van der Waals surface area contributed by atoms with Gasteiger partial charge in [-0.2, -0.15) is 12.7 Å². The van der Waals surface area contributed by atoms with Crippen LogP contribution < -0.4 is 20.1 Å². The summed E-state index contributed by atoms with van der Waals surface area (Å²) < 4.78 is 39.7. The highest BCUT2D eigenvalue weighted by atomic mass is 32.2. The molecule has 0 saturated carbocycles. The van der Waals surface area contributed by atoms with Gasteiger partial charge in [0.15, 0.2) is 0 Å². The number of benzene rings is 2. The van der Waals surface area contributed by atoms with Crippen LogP contribution in [0.4, 0.5) is 11.4 Å². The number of carbonyl (C=O) groups is 2. The minimum atomic E-state index is -4.02. The Morgan fingerprint density at radius 2 is 1.71 bits per heavy atom. The zero-order valence-electron chi connectivity index (χ0n) is 30.3. The Kier molecular flexibility index (Phi) is 9.40. The van der Waals surface area contributed by atoms with Crippen LogP contribution >= 0.6 is 0 Å². The molecule has 2 bridgehead atoms. The summed E-state index contributed by atoms with van der Waals surface area (Å²) in [6.45, 7) is 7.79. The summed E-state index contributed by atoms with van der Waals surface area (Å²) in [5.41, 5.74) is 5.76. The molecule has 0 aliphatic carbocycles. The van der Waals surface area contributed by atoms with Crippen molar-refractivity contribution in [1.29, 1.82) is 0 Å². The van der Waals surface area contributed by atoms with Gasteiger partial charge in [0.1, 0.15) is 5.58 Å². The molecule has 0 unspecified atom stereocenters. The van der Waals surface area contributed by atoms with Gasteiger partial charge in [-0.1, -0.05) is 0 Å². The third-order valence-corrected chi connectivity index (χ3v) is 12.9. The van der Waals surface area contributed by atoms with E-state index in [2.05, 4.69) is 39.5 Å². The van der Waals surface area contributed by atoms with Crippen molar-refractivity contribution < 1.29 is 27.2 Å². The second-order valence-electron chi connectivity index (χ2n) is 14.7. The number of aryl methyl sites for hydroxylation is 2. The number of fused-ring (bicyclic) bond motifs is 5. The minimum absolute atomic E-state index is 0.109. The van der Waals surface area contributed by atoms with Crippen molar-refractivity contribution in [2.24, 2.45) is 0 Å². The molecule has 274 valence electrons. The lowest BCUT2D eigenvalue weighted by molar-refractivity contribution is 0.0732. The number of likely N-dealkylation sites (N-methyl/N-ethyl adjacent to an activating group) is 1. The molecule has 14 heteroatoms. The van der Waals surface area contributed by atoms with E-state index in [-0.39, 0.29) is 36.1 Å². The van der Waals surface area contributed by atoms with Crippen LogP contribution in [-0.4, -0.2) is 114 Å². The molecule has 3 fully saturated rings. The lowest BCUT2D eigenvalue weighted by atomic mass is 9.92. The average molecular weight is 721 g/mol. The molecule has 5 heterocycles. The molecule has 51 heavy (non-hydrogen) atoms. The number of anilines is 2. The van der Waals surface area contributed by atoms with Crippen molar-refractivity contribution in [3.63, 3.8) is 0 Å². The topological polar surface area (TPSA) is 136 Å². The molecule has 1 N–H and O–H groups in total. The number of ether oxygens (including phenoxy) is 1. The Morgan fingerprint density at radius 3 is 2.37 bits per heavy atom. The quantitative estimate of drug-likeness (QED) is 0.346. The molecule has 2 aromatic carbocycles. The fraction of sp³-hybridized carbons (Fsp3) is 0.541. The third-order valence-electron chi connectivity index (χ3n) is 11.5. The first-order valence-electron chi connectivity index (χ1n) is 17.8. The van der Waals surface area contributed by atoms with Gasteiger partial charge >= 0.3 is 15.8 Å². The van der Waals surface area contributed by atoms with Gasteiger partial charge in [0.05, 0.1) is 36.0 Å². The van der Waals surface area contributed by atoms with Gasteiger partial charge in [-0.3, -0.25) is 14.5 Å². The summed E-state index contributed by atoms with van der Waals surface area (Å²) in [4.78, 5) is 49.7. The number of piperazine rings is 1. The van der Waals surface area contributed by atoms with Crippen LogP contribution in [0.3, 0.4) is 0 Å². The first kappa shape index (κ1) is 35.4. The van der Waals surface area contributed by atoms with Crippen LogP contribution in [0.5, 0.6) is 0 Å². The molecule has 0 radical (unpaired) electrons. The summed E-state index contributed by atoms with van der Waals surface area (Å²) in [6, 6.07) is 7.75. The van der Waals surface area contributed by atoms with Crippen molar-refractivity contribution in [1.82, 2.24) is 18.8 Å². The second kappa shape index (κ2) is 13.5. The van der Waals surface area contributed by atoms with Crippen LogP contribution in [0.1, 0.15) is 68.7 Å². The summed E-state index contributed by atoms with van der Waals surface area (Å²) in [5, 5.41) is 0.940. The molecule has 7 rings (SSSR count). The van der Waals surface area contributed by atoms with Crippen molar-refractivity contribution in [3.05, 3.63) is 68.1 Å². The van der Waals surface area contributed by atoms with Gasteiger partial charge in [-0.15, -0.1) is 0 Å². The number of hydrogen-bond acceptors (Lipinski definition) is 10. The van der Waals surface area contributed by atoms with Crippen molar-refractivity contribution in [3.8, 4) is 0 Å². The predicted molar refractivity (Wildman–Crippen MR) is 196 cm³/mol. The van der Waals surface area contributed by atoms with Crippen molar-refractivity contribution in [2.45, 2.75) is 70.6 Å². The molecular formula is C37H48N6O7S. The molecule has 13 nitrogen and oxygen atoms in total. The van der Waals surface area contributed by atoms with E-state index in [1.165, 1.54) is 14.1 Å². The molecule has 2 amide bonds. The van der Waals surface area contributed by atoms with Crippen LogP contribution in [-0.2, 0) is 27.9 Å². The highest BCUT2D eigenvalue weighted by molar-refractivity contribution is 7.87. The monoisotopic (exact) mass is 720 g/mol.